The number of rotatable bonds is 12. The van der Waals surface area contributed by atoms with Gasteiger partial charge in [-0.2, -0.15) is 0 Å². The molecule has 3 aromatic carbocycles. The van der Waals surface area contributed by atoms with E-state index in [-0.39, 0.29) is 11.9 Å². The maximum Gasteiger partial charge on any atom is 0.338 e. The van der Waals surface area contributed by atoms with Crippen LogP contribution in [0.5, 0.6) is 0 Å². The number of ether oxygens (including phenoxy) is 2. The quantitative estimate of drug-likeness (QED) is 0.242. The summed E-state index contributed by atoms with van der Waals surface area (Å²) in [6.07, 6.45) is 4.28. The molecule has 0 aromatic heterocycles. The van der Waals surface area contributed by atoms with Crippen molar-refractivity contribution in [3.05, 3.63) is 83.9 Å². The first kappa shape index (κ1) is 27.2. The zero-order chi connectivity index (χ0) is 25.9. The van der Waals surface area contributed by atoms with Gasteiger partial charge in [-0.05, 0) is 71.2 Å². The molecule has 0 heterocycles. The van der Waals surface area contributed by atoms with E-state index in [1.54, 1.807) is 0 Å². The lowest BCUT2D eigenvalue weighted by molar-refractivity contribution is 0.0435. The lowest BCUT2D eigenvalue weighted by Crippen LogP contribution is -2.12. The standard InChI is InChI=1S/C32H38O4/c1-5-7-23(3)21-35-31(33)29-17-13-27(14-18-29)25-9-11-26(12-10-25)28-15-19-30(20-16-28)32(34)36-22-24(4)8-6-2/h9-20,23-24H,5-8,21-22H2,1-4H3/t23-,24-/m0/s1. The molecule has 0 aliphatic heterocycles. The van der Waals surface area contributed by atoms with Gasteiger partial charge >= 0.3 is 11.9 Å². The van der Waals surface area contributed by atoms with Crippen molar-refractivity contribution in [2.24, 2.45) is 11.8 Å². The van der Waals surface area contributed by atoms with Gasteiger partial charge in [-0.3, -0.25) is 0 Å². The Hall–Kier alpha value is -3.40. The summed E-state index contributed by atoms with van der Waals surface area (Å²) in [6, 6.07) is 23.3. The van der Waals surface area contributed by atoms with Crippen LogP contribution in [0.15, 0.2) is 72.8 Å². The molecule has 2 atom stereocenters. The van der Waals surface area contributed by atoms with Crippen LogP contribution in [0.2, 0.25) is 0 Å². The van der Waals surface area contributed by atoms with Crippen molar-refractivity contribution in [3.8, 4) is 22.3 Å². The van der Waals surface area contributed by atoms with Crippen LogP contribution in [0.3, 0.4) is 0 Å². The molecule has 4 heteroatoms. The van der Waals surface area contributed by atoms with E-state index in [2.05, 4.69) is 52.0 Å². The minimum absolute atomic E-state index is 0.275. The third-order valence-electron chi connectivity index (χ3n) is 6.35. The second kappa shape index (κ2) is 13.6. The molecule has 3 aromatic rings. The van der Waals surface area contributed by atoms with Crippen molar-refractivity contribution in [1.29, 1.82) is 0 Å². The Balaban J connectivity index is 1.59. The number of carbonyl (C=O) groups excluding carboxylic acids is 2. The minimum atomic E-state index is -0.275. The lowest BCUT2D eigenvalue weighted by Gasteiger charge is -2.11. The third kappa shape index (κ3) is 7.81. The number of carbonyl (C=O) groups is 2. The van der Waals surface area contributed by atoms with E-state index in [4.69, 9.17) is 9.47 Å². The van der Waals surface area contributed by atoms with E-state index >= 15 is 0 Å². The van der Waals surface area contributed by atoms with Crippen molar-refractivity contribution >= 4 is 11.9 Å². The highest BCUT2D eigenvalue weighted by atomic mass is 16.5. The van der Waals surface area contributed by atoms with Crippen LogP contribution in [-0.2, 0) is 9.47 Å². The van der Waals surface area contributed by atoms with E-state index in [1.165, 1.54) is 0 Å². The fourth-order valence-corrected chi connectivity index (χ4v) is 4.21. The summed E-state index contributed by atoms with van der Waals surface area (Å²) in [4.78, 5) is 24.6. The predicted molar refractivity (Wildman–Crippen MR) is 146 cm³/mol. The number of esters is 2. The van der Waals surface area contributed by atoms with Gasteiger partial charge in [-0.15, -0.1) is 0 Å². The van der Waals surface area contributed by atoms with E-state index in [9.17, 15) is 9.59 Å². The first-order valence-electron chi connectivity index (χ1n) is 13.1. The number of hydrogen-bond donors (Lipinski definition) is 0. The Morgan fingerprint density at radius 2 is 0.833 bits per heavy atom. The van der Waals surface area contributed by atoms with Crippen LogP contribution in [-0.4, -0.2) is 25.2 Å². The molecule has 4 nitrogen and oxygen atoms in total. The summed E-state index contributed by atoms with van der Waals surface area (Å²) < 4.78 is 10.9. The second-order valence-corrected chi connectivity index (χ2v) is 9.72. The first-order chi connectivity index (χ1) is 17.4. The normalized spacial score (nSPS) is 12.6. The molecule has 0 aliphatic rings. The smallest absolute Gasteiger partial charge is 0.338 e. The maximum absolute atomic E-state index is 12.3. The van der Waals surface area contributed by atoms with E-state index in [0.717, 1.165) is 47.9 Å². The van der Waals surface area contributed by atoms with E-state index in [1.807, 2.05) is 48.5 Å². The zero-order valence-corrected chi connectivity index (χ0v) is 22.0. The molecule has 0 amide bonds. The van der Waals surface area contributed by atoms with Crippen LogP contribution >= 0.6 is 0 Å². The summed E-state index contributed by atoms with van der Waals surface area (Å²) in [5.41, 5.74) is 5.34. The van der Waals surface area contributed by atoms with E-state index < -0.39 is 0 Å². The fourth-order valence-electron chi connectivity index (χ4n) is 4.21. The number of hydrogen-bond acceptors (Lipinski definition) is 4. The molecule has 190 valence electrons. The summed E-state index contributed by atoms with van der Waals surface area (Å²) in [7, 11) is 0. The van der Waals surface area contributed by atoms with Crippen LogP contribution in [0, 0.1) is 11.8 Å². The molecule has 0 aliphatic carbocycles. The molecular formula is C32H38O4. The molecule has 0 N–H and O–H groups in total. The Labute approximate surface area is 215 Å². The van der Waals surface area contributed by atoms with Gasteiger partial charge in [0.25, 0.3) is 0 Å². The number of benzene rings is 3. The predicted octanol–water partition coefficient (Wildman–Crippen LogP) is 8.21. The Morgan fingerprint density at radius 3 is 1.11 bits per heavy atom. The largest absolute Gasteiger partial charge is 0.462 e. The average molecular weight is 487 g/mol. The van der Waals surface area contributed by atoms with Crippen LogP contribution in [0.4, 0.5) is 0 Å². The van der Waals surface area contributed by atoms with Gasteiger partial charge in [-0.25, -0.2) is 9.59 Å². The molecule has 0 bridgehead atoms. The highest BCUT2D eigenvalue weighted by molar-refractivity contribution is 5.91. The average Bonchev–Trinajstić information content (AvgIpc) is 2.91. The SMILES string of the molecule is CCC[C@H](C)COC(=O)c1ccc(-c2ccc(-c3ccc(C(=O)OC[C@@H](C)CCC)cc3)cc2)cc1. The second-order valence-electron chi connectivity index (χ2n) is 9.72. The third-order valence-corrected chi connectivity index (χ3v) is 6.35. The van der Waals surface area contributed by atoms with Gasteiger partial charge in [0.15, 0.2) is 0 Å². The minimum Gasteiger partial charge on any atom is -0.462 e. The topological polar surface area (TPSA) is 52.6 Å². The Morgan fingerprint density at radius 1 is 0.556 bits per heavy atom. The van der Waals surface area contributed by atoms with Gasteiger partial charge in [0.2, 0.25) is 0 Å². The van der Waals surface area contributed by atoms with Crippen LogP contribution in [0.1, 0.15) is 74.1 Å². The highest BCUT2D eigenvalue weighted by Gasteiger charge is 2.12. The monoisotopic (exact) mass is 486 g/mol. The molecule has 0 saturated carbocycles. The molecule has 36 heavy (non-hydrogen) atoms. The van der Waals surface area contributed by atoms with Gasteiger partial charge in [-0.1, -0.05) is 89.1 Å². The van der Waals surface area contributed by atoms with Gasteiger partial charge in [0, 0.05) is 0 Å². The first-order valence-corrected chi connectivity index (χ1v) is 13.1. The Kier molecular flexibility index (Phi) is 10.3. The summed E-state index contributed by atoms with van der Waals surface area (Å²) in [5.74, 6) is 0.201. The van der Waals surface area contributed by atoms with Crippen LogP contribution in [0.25, 0.3) is 22.3 Å². The van der Waals surface area contributed by atoms with Crippen molar-refractivity contribution in [2.45, 2.75) is 53.4 Å². The molecule has 3 rings (SSSR count). The van der Waals surface area contributed by atoms with Crippen molar-refractivity contribution < 1.29 is 19.1 Å². The Bertz CT molecular complexity index is 1010. The van der Waals surface area contributed by atoms with Crippen LogP contribution < -0.4 is 0 Å². The van der Waals surface area contributed by atoms with Crippen molar-refractivity contribution in [3.63, 3.8) is 0 Å². The maximum atomic E-state index is 12.3. The van der Waals surface area contributed by atoms with Gasteiger partial charge < -0.3 is 9.47 Å². The molecule has 0 radical (unpaired) electrons. The summed E-state index contributed by atoms with van der Waals surface area (Å²) in [6.45, 7) is 9.37. The van der Waals surface area contributed by atoms with Gasteiger partial charge in [0.1, 0.15) is 0 Å². The molecule has 0 fully saturated rings. The molecule has 0 spiro atoms. The fraction of sp³-hybridized carbons (Fsp3) is 0.375. The molecule has 0 saturated heterocycles. The van der Waals surface area contributed by atoms with Crippen molar-refractivity contribution in [2.75, 3.05) is 13.2 Å². The lowest BCUT2D eigenvalue weighted by atomic mass is 9.99. The summed E-state index contributed by atoms with van der Waals surface area (Å²) in [5, 5.41) is 0. The summed E-state index contributed by atoms with van der Waals surface area (Å²) >= 11 is 0. The highest BCUT2D eigenvalue weighted by Crippen LogP contribution is 2.26. The van der Waals surface area contributed by atoms with E-state index in [0.29, 0.717) is 36.2 Å². The zero-order valence-electron chi connectivity index (χ0n) is 22.0. The van der Waals surface area contributed by atoms with Crippen molar-refractivity contribution in [1.82, 2.24) is 0 Å². The molecular weight excluding hydrogens is 448 g/mol. The van der Waals surface area contributed by atoms with Gasteiger partial charge in [0.05, 0.1) is 24.3 Å². The molecule has 0 unspecified atom stereocenters.